The molecule has 2 aromatic heterocycles. The second-order valence-electron chi connectivity index (χ2n) is 10.0. The smallest absolute Gasteiger partial charge is 0.136 e. The number of furan rings is 1. The minimum atomic E-state index is 0. The Bertz CT molecular complexity index is 1690. The number of nitrogens with zero attached hydrogens (tertiary/aromatic N) is 2. The molecule has 0 fully saturated rings. The summed E-state index contributed by atoms with van der Waals surface area (Å²) in [4.78, 5) is 4.63. The Kier molecular flexibility index (Phi) is 9.15. The van der Waals surface area contributed by atoms with Crippen LogP contribution in [0.5, 0.6) is 5.75 Å². The summed E-state index contributed by atoms with van der Waals surface area (Å²) in [5.41, 5.74) is 5.86. The van der Waals surface area contributed by atoms with Crippen molar-refractivity contribution in [2.45, 2.75) is 45.4 Å². The predicted molar refractivity (Wildman–Crippen MR) is 159 cm³/mol. The fraction of sp³-hybridized carbons (Fsp3) is 0.229. The molecule has 0 saturated heterocycles. The number of unbranched alkanes of at least 4 members (excludes halogenated alkanes) is 5. The normalized spacial score (nSPS) is 11.1. The molecule has 0 aliphatic rings. The molecule has 0 amide bonds. The molecule has 4 aromatic carbocycles. The van der Waals surface area contributed by atoms with Gasteiger partial charge in [-0.1, -0.05) is 63.3 Å². The number of hydrogen-bond acceptors (Lipinski definition) is 3. The van der Waals surface area contributed by atoms with Gasteiger partial charge in [0.25, 0.3) is 0 Å². The summed E-state index contributed by atoms with van der Waals surface area (Å²) < 4.78 is 14.7. The van der Waals surface area contributed by atoms with E-state index in [0.29, 0.717) is 6.61 Å². The minimum absolute atomic E-state index is 0. The van der Waals surface area contributed by atoms with Crippen molar-refractivity contribution in [2.24, 2.45) is 0 Å². The van der Waals surface area contributed by atoms with Crippen LogP contribution in [0.25, 0.3) is 50.1 Å². The van der Waals surface area contributed by atoms with E-state index in [9.17, 15) is 0 Å². The second kappa shape index (κ2) is 13.1. The zero-order valence-electron chi connectivity index (χ0n) is 22.7. The van der Waals surface area contributed by atoms with Crippen molar-refractivity contribution in [1.82, 2.24) is 9.55 Å². The van der Waals surface area contributed by atoms with Crippen LogP contribution in [0.15, 0.2) is 102 Å². The van der Waals surface area contributed by atoms with Crippen LogP contribution in [0, 0.1) is 6.07 Å². The Balaban J connectivity index is 0.00000323. The number of hydrogen-bond donors (Lipinski definition) is 0. The van der Waals surface area contributed by atoms with Gasteiger partial charge in [-0.25, -0.2) is 0 Å². The van der Waals surface area contributed by atoms with Gasteiger partial charge in [0.1, 0.15) is 16.9 Å². The standard InChI is InChI=1S/C35H33N2O2.Ir/c1-2-3-4-5-6-12-23-38-32-20-18-28(37-22-21-36-35(37)26-13-8-7-9-14-26)25-31(32)27-17-19-30-29-15-10-11-16-33(29)39-34(30)24-27;/h7-11,13,15-22,24-25H,2-6,12,23H2,1H3;/q-1;. The number of ether oxygens (including phenoxy) is 1. The summed E-state index contributed by atoms with van der Waals surface area (Å²) >= 11 is 0. The molecule has 0 spiro atoms. The molecule has 0 unspecified atom stereocenters. The number of para-hydroxylation sites is 1. The van der Waals surface area contributed by atoms with Gasteiger partial charge in [-0.05, 0) is 48.4 Å². The van der Waals surface area contributed by atoms with Gasteiger partial charge in [0.15, 0.2) is 0 Å². The van der Waals surface area contributed by atoms with Crippen molar-refractivity contribution in [1.29, 1.82) is 0 Å². The topological polar surface area (TPSA) is 40.2 Å². The summed E-state index contributed by atoms with van der Waals surface area (Å²) in [6, 6.07) is 32.3. The third-order valence-corrected chi connectivity index (χ3v) is 7.28. The molecule has 0 saturated carbocycles. The SMILES string of the molecule is CCCCCCCCOc1ccc(-n2ccnc2-c2[c-]cccc2)cc1-c1ccc2c(c1)oc1ccccc12.[Ir]. The van der Waals surface area contributed by atoms with Crippen molar-refractivity contribution in [3.63, 3.8) is 0 Å². The molecule has 6 aromatic rings. The molecule has 40 heavy (non-hydrogen) atoms. The van der Waals surface area contributed by atoms with Crippen LogP contribution in [0.4, 0.5) is 0 Å². The van der Waals surface area contributed by atoms with Gasteiger partial charge in [-0.15, -0.1) is 35.9 Å². The first kappa shape index (κ1) is 27.9. The number of rotatable bonds is 11. The van der Waals surface area contributed by atoms with Crippen molar-refractivity contribution in [2.75, 3.05) is 6.61 Å². The maximum atomic E-state index is 6.39. The van der Waals surface area contributed by atoms with Crippen LogP contribution in [-0.2, 0) is 20.1 Å². The van der Waals surface area contributed by atoms with E-state index in [2.05, 4.69) is 71.1 Å². The van der Waals surface area contributed by atoms with Gasteiger partial charge in [0, 0.05) is 54.5 Å². The first-order chi connectivity index (χ1) is 19.3. The maximum Gasteiger partial charge on any atom is 0.136 e. The molecule has 0 bridgehead atoms. The quantitative estimate of drug-likeness (QED) is 0.0996. The molecule has 0 aliphatic carbocycles. The van der Waals surface area contributed by atoms with Crippen LogP contribution in [0.2, 0.25) is 0 Å². The Labute approximate surface area is 249 Å². The summed E-state index contributed by atoms with van der Waals surface area (Å²) in [5, 5.41) is 2.26. The third kappa shape index (κ3) is 5.91. The summed E-state index contributed by atoms with van der Waals surface area (Å²) in [7, 11) is 0. The molecule has 6 rings (SSSR count). The fourth-order valence-corrected chi connectivity index (χ4v) is 5.22. The Morgan fingerprint density at radius 1 is 0.825 bits per heavy atom. The molecule has 0 aliphatic heterocycles. The number of fused-ring (bicyclic) bond motifs is 3. The van der Waals surface area contributed by atoms with E-state index in [4.69, 9.17) is 9.15 Å². The first-order valence-electron chi connectivity index (χ1n) is 14.0. The number of aromatic nitrogens is 2. The summed E-state index contributed by atoms with van der Waals surface area (Å²) in [5.74, 6) is 1.74. The van der Waals surface area contributed by atoms with E-state index < -0.39 is 0 Å². The van der Waals surface area contributed by atoms with Gasteiger partial charge in [0.05, 0.1) is 12.4 Å². The van der Waals surface area contributed by atoms with Gasteiger partial charge in [-0.2, -0.15) is 0 Å². The second-order valence-corrected chi connectivity index (χ2v) is 10.0. The number of benzene rings is 4. The van der Waals surface area contributed by atoms with Crippen LogP contribution in [-0.4, -0.2) is 16.2 Å². The largest absolute Gasteiger partial charge is 0.493 e. The molecule has 4 nitrogen and oxygen atoms in total. The molecule has 205 valence electrons. The fourth-order valence-electron chi connectivity index (χ4n) is 5.22. The van der Waals surface area contributed by atoms with Crippen LogP contribution in [0.1, 0.15) is 45.4 Å². The molecule has 5 heteroatoms. The zero-order chi connectivity index (χ0) is 26.4. The summed E-state index contributed by atoms with van der Waals surface area (Å²) in [6.07, 6.45) is 11.2. The first-order valence-corrected chi connectivity index (χ1v) is 14.0. The van der Waals surface area contributed by atoms with Gasteiger partial charge in [0.2, 0.25) is 0 Å². The van der Waals surface area contributed by atoms with Crippen molar-refractivity contribution in [3.05, 3.63) is 103 Å². The minimum Gasteiger partial charge on any atom is -0.493 e. The van der Waals surface area contributed by atoms with Crippen LogP contribution in [0.3, 0.4) is 0 Å². The summed E-state index contributed by atoms with van der Waals surface area (Å²) in [6.45, 7) is 2.96. The Morgan fingerprint density at radius 3 is 2.52 bits per heavy atom. The molecular weight excluding hydrogens is 673 g/mol. The zero-order valence-corrected chi connectivity index (χ0v) is 25.1. The van der Waals surface area contributed by atoms with E-state index >= 15 is 0 Å². The average molecular weight is 706 g/mol. The van der Waals surface area contributed by atoms with E-state index in [0.717, 1.165) is 62.3 Å². The molecular formula is C35H33IrN2O2-. The molecule has 2 heterocycles. The van der Waals surface area contributed by atoms with E-state index in [1.54, 1.807) is 0 Å². The van der Waals surface area contributed by atoms with E-state index in [1.165, 1.54) is 32.1 Å². The van der Waals surface area contributed by atoms with Crippen molar-refractivity contribution < 1.29 is 29.3 Å². The Morgan fingerprint density at radius 2 is 1.65 bits per heavy atom. The van der Waals surface area contributed by atoms with E-state index in [-0.39, 0.29) is 20.1 Å². The van der Waals surface area contributed by atoms with E-state index in [1.807, 2.05) is 48.8 Å². The van der Waals surface area contributed by atoms with Crippen molar-refractivity contribution >= 4 is 21.9 Å². The monoisotopic (exact) mass is 706 g/mol. The van der Waals surface area contributed by atoms with Crippen molar-refractivity contribution in [3.8, 4) is 34.0 Å². The average Bonchev–Trinajstić information content (AvgIpc) is 3.62. The van der Waals surface area contributed by atoms with Gasteiger partial charge < -0.3 is 13.7 Å². The predicted octanol–water partition coefficient (Wildman–Crippen LogP) is 9.64. The maximum absolute atomic E-state index is 6.39. The van der Waals surface area contributed by atoms with Gasteiger partial charge in [-0.3, -0.25) is 4.98 Å². The molecule has 0 N–H and O–H groups in total. The third-order valence-electron chi connectivity index (χ3n) is 7.28. The Hall–Kier alpha value is -3.66. The van der Waals surface area contributed by atoms with Gasteiger partial charge >= 0.3 is 0 Å². The number of imidazole rings is 1. The van der Waals surface area contributed by atoms with Crippen LogP contribution < -0.4 is 4.74 Å². The molecule has 1 radical (unpaired) electrons. The molecule has 0 atom stereocenters. The van der Waals surface area contributed by atoms with Crippen LogP contribution >= 0.6 is 0 Å².